The van der Waals surface area contributed by atoms with Gasteiger partial charge in [-0.3, -0.25) is 0 Å². The van der Waals surface area contributed by atoms with Crippen LogP contribution in [0.15, 0.2) is 0 Å². The molecule has 0 N–H and O–H groups in total. The van der Waals surface area contributed by atoms with E-state index < -0.39 is 0 Å². The lowest BCUT2D eigenvalue weighted by Crippen LogP contribution is -2.45. The fourth-order valence-electron chi connectivity index (χ4n) is 2.31. The highest BCUT2D eigenvalue weighted by Gasteiger charge is 2.27. The van der Waals surface area contributed by atoms with Crippen LogP contribution in [0.4, 0.5) is 0 Å². The van der Waals surface area contributed by atoms with Crippen LogP contribution in [0.5, 0.6) is 0 Å². The molecule has 2 rings (SSSR count). The first-order chi connectivity index (χ1) is 7.77. The predicted octanol–water partition coefficient (Wildman–Crippen LogP) is 4.71. The monoisotopic (exact) mass is 227 g/mol. The Kier molecular flexibility index (Phi) is 10.1. The molecule has 2 aliphatic rings. The lowest BCUT2D eigenvalue weighted by atomic mass is 9.88. The number of hydrogen-bond acceptors (Lipinski definition) is 1. The third-order valence-electron chi connectivity index (χ3n) is 3.28. The molecule has 1 heteroatoms. The number of likely N-dealkylation sites (tertiary alicyclic amines) is 1. The van der Waals surface area contributed by atoms with Gasteiger partial charge in [-0.05, 0) is 38.1 Å². The molecule has 0 amide bonds. The van der Waals surface area contributed by atoms with Crippen molar-refractivity contribution < 1.29 is 0 Å². The minimum atomic E-state index is 0.962. The number of nitrogens with zero attached hydrogens (tertiary/aromatic N) is 1. The minimum absolute atomic E-state index is 0.962. The fraction of sp³-hybridized carbons (Fsp3) is 1.00. The maximum atomic E-state index is 2.72. The van der Waals surface area contributed by atoms with Crippen molar-refractivity contribution in [3.8, 4) is 0 Å². The topological polar surface area (TPSA) is 3.24 Å². The third kappa shape index (κ3) is 5.89. The van der Waals surface area contributed by atoms with Crippen molar-refractivity contribution in [1.82, 2.24) is 4.90 Å². The van der Waals surface area contributed by atoms with E-state index in [2.05, 4.69) is 25.7 Å². The maximum Gasteiger partial charge on any atom is 0.00953 e. The van der Waals surface area contributed by atoms with E-state index in [-0.39, 0.29) is 0 Å². The lowest BCUT2D eigenvalue weighted by molar-refractivity contribution is 0.0817. The number of hydrogen-bond donors (Lipinski definition) is 0. The van der Waals surface area contributed by atoms with E-state index in [1.807, 2.05) is 13.8 Å². The molecule has 0 spiro atoms. The lowest BCUT2D eigenvalue weighted by Gasteiger charge is -2.41. The van der Waals surface area contributed by atoms with Crippen LogP contribution in [0, 0.1) is 5.92 Å². The largest absolute Gasteiger partial charge is 0.300 e. The van der Waals surface area contributed by atoms with Crippen LogP contribution in [0.3, 0.4) is 0 Å². The summed E-state index contributed by atoms with van der Waals surface area (Å²) in [5, 5.41) is 0. The number of piperidine rings is 1. The molecule has 0 aromatic heterocycles. The van der Waals surface area contributed by atoms with E-state index in [1.54, 1.807) is 0 Å². The van der Waals surface area contributed by atoms with Crippen molar-refractivity contribution >= 4 is 0 Å². The van der Waals surface area contributed by atoms with Crippen LogP contribution in [-0.4, -0.2) is 24.0 Å². The van der Waals surface area contributed by atoms with Gasteiger partial charge in [-0.2, -0.15) is 0 Å². The first-order valence-electron chi connectivity index (χ1n) is 7.52. The minimum Gasteiger partial charge on any atom is -0.300 e. The Morgan fingerprint density at radius 2 is 1.56 bits per heavy atom. The summed E-state index contributed by atoms with van der Waals surface area (Å²) in [4.78, 5) is 2.72. The SMILES string of the molecule is CC.CC1CCCN(C2CCC2)C1.CCC. The van der Waals surface area contributed by atoms with Crippen molar-refractivity contribution in [2.24, 2.45) is 5.92 Å². The second-order valence-corrected chi connectivity index (χ2v) is 5.03. The zero-order chi connectivity index (χ0) is 12.4. The van der Waals surface area contributed by atoms with E-state index in [9.17, 15) is 0 Å². The Morgan fingerprint density at radius 3 is 1.94 bits per heavy atom. The first kappa shape index (κ1) is 16.0. The molecule has 1 nitrogen and oxygen atoms in total. The van der Waals surface area contributed by atoms with Gasteiger partial charge < -0.3 is 4.90 Å². The molecule has 0 aromatic rings. The molecule has 1 aliphatic carbocycles. The Labute approximate surface area is 104 Å². The van der Waals surface area contributed by atoms with Crippen molar-refractivity contribution in [2.45, 2.75) is 79.2 Å². The molecule has 16 heavy (non-hydrogen) atoms. The molecule has 1 heterocycles. The van der Waals surface area contributed by atoms with Gasteiger partial charge in [0.2, 0.25) is 0 Å². The van der Waals surface area contributed by atoms with Crippen LogP contribution in [-0.2, 0) is 0 Å². The van der Waals surface area contributed by atoms with Gasteiger partial charge in [0, 0.05) is 12.6 Å². The maximum absolute atomic E-state index is 2.72. The van der Waals surface area contributed by atoms with Gasteiger partial charge in [0.15, 0.2) is 0 Å². The molecule has 1 saturated heterocycles. The normalized spacial score (nSPS) is 25.7. The second kappa shape index (κ2) is 10.1. The fourth-order valence-corrected chi connectivity index (χ4v) is 2.31. The van der Waals surface area contributed by atoms with Gasteiger partial charge in [0.1, 0.15) is 0 Å². The van der Waals surface area contributed by atoms with Crippen LogP contribution < -0.4 is 0 Å². The van der Waals surface area contributed by atoms with Crippen LogP contribution in [0.1, 0.15) is 73.1 Å². The van der Waals surface area contributed by atoms with Gasteiger partial charge in [-0.25, -0.2) is 0 Å². The molecule has 0 aromatic carbocycles. The van der Waals surface area contributed by atoms with E-state index in [1.165, 1.54) is 51.6 Å². The van der Waals surface area contributed by atoms with Crippen molar-refractivity contribution in [3.05, 3.63) is 0 Å². The van der Waals surface area contributed by atoms with Gasteiger partial charge >= 0.3 is 0 Å². The standard InChI is InChI=1S/C10H19N.C3H8.C2H6/c1-9-4-3-7-11(8-9)10-5-2-6-10;1-3-2;1-2/h9-10H,2-8H2,1H3;3H2,1-2H3;1-2H3. The van der Waals surface area contributed by atoms with E-state index >= 15 is 0 Å². The molecule has 0 bridgehead atoms. The summed E-state index contributed by atoms with van der Waals surface area (Å²) >= 11 is 0. The highest BCUT2D eigenvalue weighted by molar-refractivity contribution is 4.83. The summed E-state index contributed by atoms with van der Waals surface area (Å²) in [6.07, 6.45) is 8.59. The van der Waals surface area contributed by atoms with Crippen LogP contribution >= 0.6 is 0 Å². The van der Waals surface area contributed by atoms with Gasteiger partial charge in [0.05, 0.1) is 0 Å². The zero-order valence-electron chi connectivity index (χ0n) is 12.3. The van der Waals surface area contributed by atoms with Gasteiger partial charge in [-0.1, -0.05) is 47.5 Å². The van der Waals surface area contributed by atoms with Crippen molar-refractivity contribution in [1.29, 1.82) is 0 Å². The van der Waals surface area contributed by atoms with E-state index in [0.29, 0.717) is 0 Å². The summed E-state index contributed by atoms with van der Waals surface area (Å²) in [6.45, 7) is 13.4. The molecule has 0 radical (unpaired) electrons. The summed E-state index contributed by atoms with van der Waals surface area (Å²) in [6, 6.07) is 0.984. The molecule has 1 unspecified atom stereocenters. The molecule has 98 valence electrons. The Bertz CT molecular complexity index is 140. The average Bonchev–Trinajstić information content (AvgIpc) is 2.19. The second-order valence-electron chi connectivity index (χ2n) is 5.03. The van der Waals surface area contributed by atoms with Crippen LogP contribution in [0.2, 0.25) is 0 Å². The van der Waals surface area contributed by atoms with E-state index in [0.717, 1.165) is 12.0 Å². The number of rotatable bonds is 1. The Hall–Kier alpha value is -0.0400. The molecular weight excluding hydrogens is 194 g/mol. The average molecular weight is 227 g/mol. The highest BCUT2D eigenvalue weighted by Crippen LogP contribution is 2.28. The van der Waals surface area contributed by atoms with Crippen molar-refractivity contribution in [3.63, 3.8) is 0 Å². The van der Waals surface area contributed by atoms with E-state index in [4.69, 9.17) is 0 Å². The Morgan fingerprint density at radius 1 is 1.00 bits per heavy atom. The quantitative estimate of drug-likeness (QED) is 0.627. The van der Waals surface area contributed by atoms with Crippen molar-refractivity contribution in [2.75, 3.05) is 13.1 Å². The summed E-state index contributed by atoms with van der Waals surface area (Å²) in [5.41, 5.74) is 0. The first-order valence-corrected chi connectivity index (χ1v) is 7.52. The summed E-state index contributed by atoms with van der Waals surface area (Å²) in [5.74, 6) is 0.962. The molecule has 2 fully saturated rings. The predicted molar refractivity (Wildman–Crippen MR) is 74.9 cm³/mol. The smallest absolute Gasteiger partial charge is 0.00953 e. The molecule has 1 aliphatic heterocycles. The summed E-state index contributed by atoms with van der Waals surface area (Å²) in [7, 11) is 0. The zero-order valence-corrected chi connectivity index (χ0v) is 12.3. The third-order valence-corrected chi connectivity index (χ3v) is 3.28. The summed E-state index contributed by atoms with van der Waals surface area (Å²) < 4.78 is 0. The van der Waals surface area contributed by atoms with Gasteiger partial charge in [0.25, 0.3) is 0 Å². The highest BCUT2D eigenvalue weighted by atomic mass is 15.2. The molecular formula is C15H33N. The molecule has 1 atom stereocenters. The molecule has 1 saturated carbocycles. The van der Waals surface area contributed by atoms with Gasteiger partial charge in [-0.15, -0.1) is 0 Å². The Balaban J connectivity index is 0.000000394. The van der Waals surface area contributed by atoms with Crippen LogP contribution in [0.25, 0.3) is 0 Å².